The van der Waals surface area contributed by atoms with Gasteiger partial charge in [0.2, 0.25) is 0 Å². The van der Waals surface area contributed by atoms with Gasteiger partial charge in [-0.15, -0.1) is 0 Å². The van der Waals surface area contributed by atoms with Crippen molar-refractivity contribution >= 4 is 40.1 Å². The monoisotopic (exact) mass is 419 g/mol. The lowest BCUT2D eigenvalue weighted by molar-refractivity contribution is -0.150. The molecule has 0 spiro atoms. The van der Waals surface area contributed by atoms with E-state index < -0.39 is 30.6 Å². The molecular formula is C24H25N3O4. The molecule has 0 saturated carbocycles. The molecule has 0 fully saturated rings. The Morgan fingerprint density at radius 1 is 0.839 bits per heavy atom. The van der Waals surface area contributed by atoms with Crippen molar-refractivity contribution < 1.29 is 19.1 Å². The number of amides is 3. The quantitative estimate of drug-likeness (QED) is 0.501. The van der Waals surface area contributed by atoms with Crippen LogP contribution >= 0.6 is 0 Å². The molecule has 160 valence electrons. The van der Waals surface area contributed by atoms with E-state index in [9.17, 15) is 14.4 Å². The Morgan fingerprint density at radius 2 is 1.52 bits per heavy atom. The summed E-state index contributed by atoms with van der Waals surface area (Å²) in [6.45, 7) is 3.11. The smallest absolute Gasteiger partial charge is 0.329 e. The predicted molar refractivity (Wildman–Crippen MR) is 121 cm³/mol. The predicted octanol–water partition coefficient (Wildman–Crippen LogP) is 4.17. The Bertz CT molecular complexity index is 1060. The summed E-state index contributed by atoms with van der Waals surface area (Å²) < 4.78 is 5.17. The van der Waals surface area contributed by atoms with E-state index in [0.717, 1.165) is 10.8 Å². The molecule has 0 unspecified atom stereocenters. The van der Waals surface area contributed by atoms with E-state index >= 15 is 0 Å². The Hall–Kier alpha value is -3.87. The Labute approximate surface area is 180 Å². The lowest BCUT2D eigenvalue weighted by Crippen LogP contribution is -2.47. The number of ether oxygens (including phenoxy) is 1. The van der Waals surface area contributed by atoms with Crippen molar-refractivity contribution in [1.82, 2.24) is 5.32 Å². The summed E-state index contributed by atoms with van der Waals surface area (Å²) in [6, 6.07) is 20.7. The first-order valence-electron chi connectivity index (χ1n) is 10.0. The number of para-hydroxylation sites is 1. The standard InChI is InChI=1S/C24H25N3O4/c1-16(2)22(27-24(30)25-18-11-4-3-5-12-18)23(29)31-15-21(28)26-20-14-8-10-17-9-6-7-13-19(17)20/h3-14,16,22H,15H2,1-2H3,(H,26,28)(H2,25,27,30)/t22-/m1/s1. The van der Waals surface area contributed by atoms with E-state index in [0.29, 0.717) is 11.4 Å². The molecule has 3 N–H and O–H groups in total. The molecule has 31 heavy (non-hydrogen) atoms. The Morgan fingerprint density at radius 3 is 2.26 bits per heavy atom. The number of rotatable bonds is 7. The van der Waals surface area contributed by atoms with E-state index in [4.69, 9.17) is 4.74 Å². The van der Waals surface area contributed by atoms with Crippen molar-refractivity contribution in [3.63, 3.8) is 0 Å². The molecule has 0 bridgehead atoms. The number of carbonyl (C=O) groups excluding carboxylic acids is 3. The fourth-order valence-corrected chi connectivity index (χ4v) is 3.07. The number of hydrogen-bond donors (Lipinski definition) is 3. The third-order valence-electron chi connectivity index (χ3n) is 4.65. The van der Waals surface area contributed by atoms with Crippen molar-refractivity contribution in [2.45, 2.75) is 19.9 Å². The van der Waals surface area contributed by atoms with Crippen LogP contribution in [0, 0.1) is 5.92 Å². The Kier molecular flexibility index (Phi) is 7.22. The van der Waals surface area contributed by atoms with Gasteiger partial charge in [0.1, 0.15) is 6.04 Å². The van der Waals surface area contributed by atoms with Gasteiger partial charge in [-0.05, 0) is 29.5 Å². The summed E-state index contributed by atoms with van der Waals surface area (Å²) >= 11 is 0. The lowest BCUT2D eigenvalue weighted by atomic mass is 10.1. The van der Waals surface area contributed by atoms with Crippen molar-refractivity contribution in [1.29, 1.82) is 0 Å². The van der Waals surface area contributed by atoms with Crippen molar-refractivity contribution in [3.05, 3.63) is 72.8 Å². The highest BCUT2D eigenvalue weighted by Crippen LogP contribution is 2.22. The first kappa shape index (κ1) is 21.8. The number of esters is 1. The highest BCUT2D eigenvalue weighted by molar-refractivity contribution is 6.03. The van der Waals surface area contributed by atoms with Crippen molar-refractivity contribution in [2.75, 3.05) is 17.2 Å². The van der Waals surface area contributed by atoms with Crippen LogP contribution in [0.15, 0.2) is 72.8 Å². The molecule has 0 aliphatic heterocycles. The molecule has 0 saturated heterocycles. The zero-order chi connectivity index (χ0) is 22.2. The van der Waals surface area contributed by atoms with Gasteiger partial charge in [-0.2, -0.15) is 0 Å². The molecule has 7 nitrogen and oxygen atoms in total. The van der Waals surface area contributed by atoms with E-state index in [1.165, 1.54) is 0 Å². The fraction of sp³-hybridized carbons (Fsp3) is 0.208. The summed E-state index contributed by atoms with van der Waals surface area (Å²) in [6.07, 6.45) is 0. The van der Waals surface area contributed by atoms with Gasteiger partial charge in [0.15, 0.2) is 6.61 Å². The largest absolute Gasteiger partial charge is 0.454 e. The van der Waals surface area contributed by atoms with Crippen LogP contribution in [0.1, 0.15) is 13.8 Å². The molecule has 0 radical (unpaired) electrons. The number of hydrogen-bond acceptors (Lipinski definition) is 4. The summed E-state index contributed by atoms with van der Waals surface area (Å²) in [4.78, 5) is 37.1. The van der Waals surface area contributed by atoms with Gasteiger partial charge in [-0.1, -0.05) is 68.4 Å². The first-order chi connectivity index (χ1) is 14.9. The molecule has 0 aromatic heterocycles. The zero-order valence-corrected chi connectivity index (χ0v) is 17.4. The topological polar surface area (TPSA) is 96.5 Å². The molecule has 7 heteroatoms. The summed E-state index contributed by atoms with van der Waals surface area (Å²) in [7, 11) is 0. The number of benzene rings is 3. The van der Waals surface area contributed by atoms with Crippen LogP contribution < -0.4 is 16.0 Å². The number of nitrogens with one attached hydrogen (secondary N) is 3. The molecule has 0 heterocycles. The SMILES string of the molecule is CC(C)[C@@H](NC(=O)Nc1ccccc1)C(=O)OCC(=O)Nc1cccc2ccccc12. The number of anilines is 2. The van der Waals surface area contributed by atoms with E-state index in [-0.39, 0.29) is 5.92 Å². The van der Waals surface area contributed by atoms with Gasteiger partial charge in [0, 0.05) is 16.8 Å². The van der Waals surface area contributed by atoms with Crippen LogP contribution in [0.4, 0.5) is 16.2 Å². The van der Waals surface area contributed by atoms with Gasteiger partial charge in [-0.3, -0.25) is 4.79 Å². The van der Waals surface area contributed by atoms with Gasteiger partial charge < -0.3 is 20.7 Å². The molecule has 0 aliphatic carbocycles. The Balaban J connectivity index is 1.55. The van der Waals surface area contributed by atoms with Gasteiger partial charge in [0.05, 0.1) is 0 Å². The average Bonchev–Trinajstić information content (AvgIpc) is 2.76. The summed E-state index contributed by atoms with van der Waals surface area (Å²) in [5.41, 5.74) is 1.24. The van der Waals surface area contributed by atoms with Gasteiger partial charge in [0.25, 0.3) is 5.91 Å². The normalized spacial score (nSPS) is 11.6. The average molecular weight is 419 g/mol. The van der Waals surface area contributed by atoms with Crippen LogP contribution in [0.5, 0.6) is 0 Å². The summed E-state index contributed by atoms with van der Waals surface area (Å²) in [5, 5.41) is 9.92. The minimum absolute atomic E-state index is 0.227. The van der Waals surface area contributed by atoms with Gasteiger partial charge in [-0.25, -0.2) is 9.59 Å². The van der Waals surface area contributed by atoms with Crippen LogP contribution in [0.2, 0.25) is 0 Å². The van der Waals surface area contributed by atoms with Crippen LogP contribution in [0.25, 0.3) is 10.8 Å². The first-order valence-corrected chi connectivity index (χ1v) is 10.0. The maximum absolute atomic E-state index is 12.5. The van der Waals surface area contributed by atoms with Crippen LogP contribution in [0.3, 0.4) is 0 Å². The molecular weight excluding hydrogens is 394 g/mol. The van der Waals surface area contributed by atoms with E-state index in [1.807, 2.05) is 42.5 Å². The zero-order valence-electron chi connectivity index (χ0n) is 17.4. The highest BCUT2D eigenvalue weighted by atomic mass is 16.5. The number of carbonyl (C=O) groups is 3. The second-order valence-corrected chi connectivity index (χ2v) is 7.37. The summed E-state index contributed by atoms with van der Waals surface area (Å²) in [5.74, 6) is -1.36. The number of urea groups is 1. The fourth-order valence-electron chi connectivity index (χ4n) is 3.07. The second kappa shape index (κ2) is 10.2. The van der Waals surface area contributed by atoms with E-state index in [2.05, 4.69) is 16.0 Å². The molecule has 3 aromatic carbocycles. The van der Waals surface area contributed by atoms with E-state index in [1.54, 1.807) is 44.2 Å². The van der Waals surface area contributed by atoms with Crippen molar-refractivity contribution in [3.8, 4) is 0 Å². The van der Waals surface area contributed by atoms with Crippen LogP contribution in [-0.2, 0) is 14.3 Å². The minimum Gasteiger partial charge on any atom is -0.454 e. The number of fused-ring (bicyclic) bond motifs is 1. The highest BCUT2D eigenvalue weighted by Gasteiger charge is 2.26. The van der Waals surface area contributed by atoms with Crippen molar-refractivity contribution in [2.24, 2.45) is 5.92 Å². The molecule has 3 rings (SSSR count). The van der Waals surface area contributed by atoms with Gasteiger partial charge >= 0.3 is 12.0 Å². The second-order valence-electron chi connectivity index (χ2n) is 7.37. The third kappa shape index (κ3) is 6.05. The molecule has 3 amide bonds. The van der Waals surface area contributed by atoms with Crippen LogP contribution in [-0.4, -0.2) is 30.6 Å². The maximum atomic E-state index is 12.5. The molecule has 0 aliphatic rings. The lowest BCUT2D eigenvalue weighted by Gasteiger charge is -2.21. The molecule has 1 atom stereocenters. The third-order valence-corrected chi connectivity index (χ3v) is 4.65. The maximum Gasteiger partial charge on any atom is 0.329 e. The minimum atomic E-state index is -0.894. The molecule has 3 aromatic rings.